The number of sulfonamides is 1. The van der Waals surface area contributed by atoms with Crippen LogP contribution in [0, 0.1) is 0 Å². The van der Waals surface area contributed by atoms with Gasteiger partial charge in [0.2, 0.25) is 10.0 Å². The van der Waals surface area contributed by atoms with Crippen molar-refractivity contribution in [1.82, 2.24) is 0 Å². The summed E-state index contributed by atoms with van der Waals surface area (Å²) in [6, 6.07) is 11.1. The van der Waals surface area contributed by atoms with E-state index in [1.807, 2.05) is 0 Å². The minimum Gasteiger partial charge on any atom is -0.462 e. The Labute approximate surface area is 161 Å². The van der Waals surface area contributed by atoms with Gasteiger partial charge in [0, 0.05) is 0 Å². The Bertz CT molecular complexity index is 1000. The van der Waals surface area contributed by atoms with E-state index in [4.69, 9.17) is 14.6 Å². The summed E-state index contributed by atoms with van der Waals surface area (Å²) in [5.41, 5.74) is 0.286. The second-order valence-electron chi connectivity index (χ2n) is 5.46. The zero-order valence-corrected chi connectivity index (χ0v) is 15.7. The molecule has 0 aliphatic carbocycles. The molecule has 0 bridgehead atoms. The number of para-hydroxylation sites is 1. The third-order valence-corrected chi connectivity index (χ3v) is 4.34. The molecular formula is C18H18N2O7S. The summed E-state index contributed by atoms with van der Waals surface area (Å²) in [6.07, 6.45) is 0. The molecule has 2 aromatic carbocycles. The molecule has 0 unspecified atom stereocenters. The van der Waals surface area contributed by atoms with Crippen LogP contribution in [0.1, 0.15) is 27.6 Å². The molecule has 2 aromatic rings. The van der Waals surface area contributed by atoms with Gasteiger partial charge in [-0.05, 0) is 37.3 Å². The van der Waals surface area contributed by atoms with Crippen molar-refractivity contribution < 1.29 is 32.3 Å². The fourth-order valence-electron chi connectivity index (χ4n) is 2.18. The fraction of sp³-hybridized carbons (Fsp3) is 0.167. The van der Waals surface area contributed by atoms with Crippen molar-refractivity contribution in [2.24, 2.45) is 5.14 Å². The normalized spacial score (nSPS) is 10.8. The molecule has 0 fully saturated rings. The van der Waals surface area contributed by atoms with Crippen molar-refractivity contribution in [2.45, 2.75) is 11.8 Å². The second-order valence-corrected chi connectivity index (χ2v) is 7.02. The Morgan fingerprint density at radius 1 is 1.00 bits per heavy atom. The van der Waals surface area contributed by atoms with Gasteiger partial charge in [-0.3, -0.25) is 4.79 Å². The van der Waals surface area contributed by atoms with Crippen molar-refractivity contribution in [3.63, 3.8) is 0 Å². The SMILES string of the molecule is CCOC(=O)c1ccccc1NC(=O)COC(=O)c1cccc(S(N)(=O)=O)c1. The molecule has 0 aliphatic rings. The van der Waals surface area contributed by atoms with Gasteiger partial charge in [0.15, 0.2) is 6.61 Å². The molecule has 0 atom stereocenters. The Kier molecular flexibility index (Phi) is 6.85. The molecular weight excluding hydrogens is 388 g/mol. The second kappa shape index (κ2) is 9.11. The molecule has 0 heterocycles. The maximum absolute atomic E-state index is 12.1. The molecule has 2 rings (SSSR count). The zero-order chi connectivity index (χ0) is 20.7. The number of hydrogen-bond donors (Lipinski definition) is 2. The Morgan fingerprint density at radius 3 is 2.39 bits per heavy atom. The Morgan fingerprint density at radius 2 is 1.71 bits per heavy atom. The first-order valence-corrected chi connectivity index (χ1v) is 9.63. The molecule has 1 amide bonds. The first kappa shape index (κ1) is 21.1. The van der Waals surface area contributed by atoms with Gasteiger partial charge in [-0.25, -0.2) is 23.1 Å². The van der Waals surface area contributed by atoms with Crippen LogP contribution < -0.4 is 10.5 Å². The van der Waals surface area contributed by atoms with Crippen LogP contribution in [0.4, 0.5) is 5.69 Å². The van der Waals surface area contributed by atoms with Gasteiger partial charge in [-0.1, -0.05) is 18.2 Å². The number of esters is 2. The third-order valence-electron chi connectivity index (χ3n) is 3.43. The van der Waals surface area contributed by atoms with Gasteiger partial charge in [-0.15, -0.1) is 0 Å². The van der Waals surface area contributed by atoms with Crippen LogP contribution in [-0.4, -0.2) is 39.5 Å². The number of rotatable bonds is 7. The lowest BCUT2D eigenvalue weighted by Gasteiger charge is -2.10. The molecule has 0 saturated carbocycles. The van der Waals surface area contributed by atoms with E-state index < -0.39 is 34.5 Å². The van der Waals surface area contributed by atoms with E-state index in [-0.39, 0.29) is 28.3 Å². The first-order chi connectivity index (χ1) is 13.2. The van der Waals surface area contributed by atoms with Crippen LogP contribution >= 0.6 is 0 Å². The summed E-state index contributed by atoms with van der Waals surface area (Å²) in [5, 5.41) is 7.47. The highest BCUT2D eigenvalue weighted by Gasteiger charge is 2.17. The lowest BCUT2D eigenvalue weighted by atomic mass is 10.2. The van der Waals surface area contributed by atoms with E-state index >= 15 is 0 Å². The van der Waals surface area contributed by atoms with E-state index in [9.17, 15) is 22.8 Å². The van der Waals surface area contributed by atoms with Gasteiger partial charge < -0.3 is 14.8 Å². The number of carbonyl (C=O) groups excluding carboxylic acids is 3. The van der Waals surface area contributed by atoms with Crippen molar-refractivity contribution in [1.29, 1.82) is 0 Å². The van der Waals surface area contributed by atoms with Crippen molar-refractivity contribution in [2.75, 3.05) is 18.5 Å². The predicted octanol–water partition coefficient (Wildman–Crippen LogP) is 1.31. The van der Waals surface area contributed by atoms with E-state index in [1.165, 1.54) is 30.3 Å². The first-order valence-electron chi connectivity index (χ1n) is 8.08. The summed E-state index contributed by atoms with van der Waals surface area (Å²) in [4.78, 5) is 35.7. The topological polar surface area (TPSA) is 142 Å². The minimum absolute atomic E-state index is 0.0775. The smallest absolute Gasteiger partial charge is 0.340 e. The summed E-state index contributed by atoms with van der Waals surface area (Å²) in [6.45, 7) is 1.19. The highest BCUT2D eigenvalue weighted by atomic mass is 32.2. The van der Waals surface area contributed by atoms with E-state index in [1.54, 1.807) is 19.1 Å². The number of carbonyl (C=O) groups is 3. The summed E-state index contributed by atoms with van der Waals surface area (Å²) >= 11 is 0. The number of nitrogens with one attached hydrogen (secondary N) is 1. The van der Waals surface area contributed by atoms with Crippen LogP contribution in [0.25, 0.3) is 0 Å². The van der Waals surface area contributed by atoms with Crippen molar-refractivity contribution >= 4 is 33.6 Å². The number of amides is 1. The van der Waals surface area contributed by atoms with Gasteiger partial charge in [0.1, 0.15) is 0 Å². The number of nitrogens with two attached hydrogens (primary N) is 1. The fourth-order valence-corrected chi connectivity index (χ4v) is 2.74. The molecule has 0 radical (unpaired) electrons. The number of anilines is 1. The summed E-state index contributed by atoms with van der Waals surface area (Å²) in [5.74, 6) is -2.19. The monoisotopic (exact) mass is 406 g/mol. The van der Waals surface area contributed by atoms with E-state index in [0.29, 0.717) is 0 Å². The molecule has 9 nitrogen and oxygen atoms in total. The predicted molar refractivity (Wildman–Crippen MR) is 99.1 cm³/mol. The van der Waals surface area contributed by atoms with Gasteiger partial charge in [0.05, 0.1) is 28.3 Å². The number of primary sulfonamides is 1. The zero-order valence-electron chi connectivity index (χ0n) is 14.9. The minimum atomic E-state index is -3.98. The lowest BCUT2D eigenvalue weighted by molar-refractivity contribution is -0.119. The molecule has 28 heavy (non-hydrogen) atoms. The van der Waals surface area contributed by atoms with Crippen LogP contribution in [0.5, 0.6) is 0 Å². The Hall–Kier alpha value is -3.24. The van der Waals surface area contributed by atoms with Gasteiger partial charge >= 0.3 is 11.9 Å². The largest absolute Gasteiger partial charge is 0.462 e. The van der Waals surface area contributed by atoms with Crippen molar-refractivity contribution in [3.8, 4) is 0 Å². The van der Waals surface area contributed by atoms with Gasteiger partial charge in [-0.2, -0.15) is 0 Å². The average Bonchev–Trinajstić information content (AvgIpc) is 2.66. The van der Waals surface area contributed by atoms with Crippen LogP contribution in [0.15, 0.2) is 53.4 Å². The molecule has 0 saturated heterocycles. The van der Waals surface area contributed by atoms with Crippen LogP contribution in [-0.2, 0) is 24.3 Å². The molecule has 0 aliphatic heterocycles. The van der Waals surface area contributed by atoms with E-state index in [2.05, 4.69) is 5.32 Å². The van der Waals surface area contributed by atoms with Gasteiger partial charge in [0.25, 0.3) is 5.91 Å². The lowest BCUT2D eigenvalue weighted by Crippen LogP contribution is -2.22. The maximum Gasteiger partial charge on any atom is 0.340 e. The summed E-state index contributed by atoms with van der Waals surface area (Å²) in [7, 11) is -3.98. The molecule has 0 spiro atoms. The quantitative estimate of drug-likeness (QED) is 0.660. The third kappa shape index (κ3) is 5.63. The average molecular weight is 406 g/mol. The Balaban J connectivity index is 2.02. The number of benzene rings is 2. The highest BCUT2D eigenvalue weighted by molar-refractivity contribution is 7.89. The summed E-state index contributed by atoms with van der Waals surface area (Å²) < 4.78 is 32.5. The standard InChI is InChI=1S/C18H18N2O7S/c1-2-26-18(23)14-8-3-4-9-15(14)20-16(21)11-27-17(22)12-6-5-7-13(10-12)28(19,24)25/h3-10H,2,11H2,1H3,(H,20,21)(H2,19,24,25). The molecule has 3 N–H and O–H groups in total. The molecule has 0 aromatic heterocycles. The number of hydrogen-bond acceptors (Lipinski definition) is 7. The van der Waals surface area contributed by atoms with Crippen molar-refractivity contribution in [3.05, 3.63) is 59.7 Å². The van der Waals surface area contributed by atoms with E-state index in [0.717, 1.165) is 6.07 Å². The van der Waals surface area contributed by atoms with Crippen LogP contribution in [0.3, 0.4) is 0 Å². The van der Waals surface area contributed by atoms with Crippen LogP contribution in [0.2, 0.25) is 0 Å². The molecule has 148 valence electrons. The molecule has 10 heteroatoms. The maximum atomic E-state index is 12.1. The highest BCUT2D eigenvalue weighted by Crippen LogP contribution is 2.16. The number of ether oxygens (including phenoxy) is 2.